The lowest BCUT2D eigenvalue weighted by molar-refractivity contribution is 0.0166. The van der Waals surface area contributed by atoms with E-state index in [-0.39, 0.29) is 12.1 Å². The fourth-order valence-electron chi connectivity index (χ4n) is 4.56. The van der Waals surface area contributed by atoms with Crippen molar-refractivity contribution in [2.75, 3.05) is 21.3 Å². The van der Waals surface area contributed by atoms with Crippen molar-refractivity contribution in [3.8, 4) is 17.2 Å². The van der Waals surface area contributed by atoms with E-state index in [4.69, 9.17) is 18.9 Å². The van der Waals surface area contributed by atoms with Crippen LogP contribution in [0.25, 0.3) is 21.5 Å². The van der Waals surface area contributed by atoms with Gasteiger partial charge in [-0.2, -0.15) is 0 Å². The van der Waals surface area contributed by atoms with Gasteiger partial charge in [0.25, 0.3) is 0 Å². The molecule has 3 aromatic rings. The van der Waals surface area contributed by atoms with Crippen molar-refractivity contribution >= 4 is 27.6 Å². The number of amides is 1. The lowest BCUT2D eigenvalue weighted by Crippen LogP contribution is -2.45. The van der Waals surface area contributed by atoms with E-state index < -0.39 is 5.60 Å². The van der Waals surface area contributed by atoms with Gasteiger partial charge in [-0.1, -0.05) is 12.1 Å². The Kier molecular flexibility index (Phi) is 5.87. The molecule has 1 aliphatic heterocycles. The minimum Gasteiger partial charge on any atom is -0.497 e. The van der Waals surface area contributed by atoms with Gasteiger partial charge in [-0.25, -0.2) is 4.79 Å². The van der Waals surface area contributed by atoms with E-state index in [0.717, 1.165) is 32.9 Å². The highest BCUT2D eigenvalue weighted by Gasteiger charge is 2.33. The Morgan fingerprint density at radius 3 is 2.15 bits per heavy atom. The Morgan fingerprint density at radius 1 is 0.939 bits per heavy atom. The molecule has 33 heavy (non-hydrogen) atoms. The standard InChI is InChI=1S/C27H31NO5/c1-8-16-11-19-21-13-24(31-6)25(32-7)14-22(21)20-12-17(30-5)9-10-18(20)23(19)15-28(16)26(29)33-27(2,3)4/h8-10,12-14,16H,1,11,15H2,2-7H3/t16-/m1/s1. The van der Waals surface area contributed by atoms with Crippen LogP contribution in [0.1, 0.15) is 31.9 Å². The fraction of sp³-hybridized carbons (Fsp3) is 0.370. The van der Waals surface area contributed by atoms with Crippen LogP contribution in [-0.4, -0.2) is 44.0 Å². The lowest BCUT2D eigenvalue weighted by Gasteiger charge is -2.37. The summed E-state index contributed by atoms with van der Waals surface area (Å²) in [5.74, 6) is 2.10. The number of carbonyl (C=O) groups excluding carboxylic acids is 1. The number of nitrogens with zero attached hydrogens (tertiary/aromatic N) is 1. The molecule has 0 spiro atoms. The first-order chi connectivity index (χ1) is 15.7. The van der Waals surface area contributed by atoms with Crippen LogP contribution < -0.4 is 14.2 Å². The predicted octanol–water partition coefficient (Wildman–Crippen LogP) is 5.87. The number of hydrogen-bond donors (Lipinski definition) is 0. The normalized spacial score (nSPS) is 15.8. The van der Waals surface area contributed by atoms with Crippen molar-refractivity contribution in [3.05, 3.63) is 54.1 Å². The van der Waals surface area contributed by atoms with E-state index in [1.165, 1.54) is 5.56 Å². The summed E-state index contributed by atoms with van der Waals surface area (Å²) in [6.07, 6.45) is 2.11. The summed E-state index contributed by atoms with van der Waals surface area (Å²) in [5.41, 5.74) is 1.69. The monoisotopic (exact) mass is 449 g/mol. The number of ether oxygens (including phenoxy) is 4. The van der Waals surface area contributed by atoms with Crippen LogP contribution in [0.2, 0.25) is 0 Å². The number of carbonyl (C=O) groups is 1. The second kappa shape index (κ2) is 8.50. The van der Waals surface area contributed by atoms with Crippen LogP contribution in [-0.2, 0) is 17.7 Å². The van der Waals surface area contributed by atoms with E-state index in [9.17, 15) is 4.79 Å². The van der Waals surface area contributed by atoms with Crippen LogP contribution in [0.15, 0.2) is 43.0 Å². The molecule has 0 fully saturated rings. The third kappa shape index (κ3) is 4.06. The maximum atomic E-state index is 13.1. The second-order valence-electron chi connectivity index (χ2n) is 9.24. The molecule has 0 radical (unpaired) electrons. The first-order valence-electron chi connectivity index (χ1n) is 11.0. The predicted molar refractivity (Wildman–Crippen MR) is 131 cm³/mol. The van der Waals surface area contributed by atoms with Crippen molar-refractivity contribution in [1.82, 2.24) is 4.90 Å². The summed E-state index contributed by atoms with van der Waals surface area (Å²) in [5, 5.41) is 4.22. The van der Waals surface area contributed by atoms with Crippen LogP contribution in [0, 0.1) is 0 Å². The molecule has 6 nitrogen and oxygen atoms in total. The highest BCUT2D eigenvalue weighted by atomic mass is 16.6. The molecule has 0 aliphatic carbocycles. The van der Waals surface area contributed by atoms with E-state index in [2.05, 4.69) is 12.6 Å². The number of rotatable bonds is 4. The third-order valence-electron chi connectivity index (χ3n) is 6.10. The van der Waals surface area contributed by atoms with Crippen molar-refractivity contribution in [2.24, 2.45) is 0 Å². The molecule has 0 saturated carbocycles. The third-order valence-corrected chi connectivity index (χ3v) is 6.10. The zero-order valence-electron chi connectivity index (χ0n) is 20.2. The first kappa shape index (κ1) is 22.8. The van der Waals surface area contributed by atoms with Crippen LogP contribution >= 0.6 is 0 Å². The van der Waals surface area contributed by atoms with E-state index in [1.54, 1.807) is 26.2 Å². The van der Waals surface area contributed by atoms with Gasteiger partial charge in [0.05, 0.1) is 33.9 Å². The minimum atomic E-state index is -0.578. The molecule has 0 aromatic heterocycles. The molecule has 0 N–H and O–H groups in total. The number of hydrogen-bond acceptors (Lipinski definition) is 5. The Hall–Kier alpha value is -3.41. The van der Waals surface area contributed by atoms with Crippen molar-refractivity contribution in [2.45, 2.75) is 45.4 Å². The van der Waals surface area contributed by atoms with E-state index in [0.29, 0.717) is 24.5 Å². The van der Waals surface area contributed by atoms with Gasteiger partial charge in [-0.3, -0.25) is 4.90 Å². The van der Waals surface area contributed by atoms with E-state index in [1.807, 2.05) is 51.1 Å². The van der Waals surface area contributed by atoms with Gasteiger partial charge >= 0.3 is 6.09 Å². The molecule has 174 valence electrons. The summed E-state index contributed by atoms with van der Waals surface area (Å²) >= 11 is 0. The molecule has 3 aromatic carbocycles. The number of fused-ring (bicyclic) bond motifs is 6. The van der Waals surface area contributed by atoms with Crippen molar-refractivity contribution in [1.29, 1.82) is 0 Å². The van der Waals surface area contributed by atoms with Crippen LogP contribution in [0.5, 0.6) is 17.2 Å². The molecule has 1 heterocycles. The SMILES string of the molecule is C=C[C@@H]1Cc2c(c3ccc(OC)cc3c3cc(OC)c(OC)cc23)CN1C(=O)OC(C)(C)C. The van der Waals surface area contributed by atoms with Crippen LogP contribution in [0.3, 0.4) is 0 Å². The molecule has 0 bridgehead atoms. The number of benzene rings is 3. The van der Waals surface area contributed by atoms with E-state index >= 15 is 0 Å². The van der Waals surface area contributed by atoms with Crippen molar-refractivity contribution < 1.29 is 23.7 Å². The molecule has 1 aliphatic rings. The molecule has 1 amide bonds. The molecular formula is C27H31NO5. The molecule has 0 saturated heterocycles. The lowest BCUT2D eigenvalue weighted by atomic mass is 9.85. The smallest absolute Gasteiger partial charge is 0.411 e. The molecule has 6 heteroatoms. The van der Waals surface area contributed by atoms with Gasteiger partial charge in [0.15, 0.2) is 11.5 Å². The van der Waals surface area contributed by atoms with Gasteiger partial charge in [-0.15, -0.1) is 6.58 Å². The zero-order chi connectivity index (χ0) is 23.9. The summed E-state index contributed by atoms with van der Waals surface area (Å²) in [4.78, 5) is 14.8. The fourth-order valence-corrected chi connectivity index (χ4v) is 4.56. The topological polar surface area (TPSA) is 57.2 Å². The molecular weight excluding hydrogens is 418 g/mol. The molecule has 4 rings (SSSR count). The van der Waals surface area contributed by atoms with Gasteiger partial charge in [0.1, 0.15) is 11.4 Å². The van der Waals surface area contributed by atoms with Gasteiger partial charge < -0.3 is 18.9 Å². The highest BCUT2D eigenvalue weighted by Crippen LogP contribution is 2.43. The highest BCUT2D eigenvalue weighted by molar-refractivity contribution is 6.12. The number of methoxy groups -OCH3 is 3. The molecule has 0 unspecified atom stereocenters. The van der Waals surface area contributed by atoms with Crippen molar-refractivity contribution in [3.63, 3.8) is 0 Å². The Labute approximate surface area is 194 Å². The maximum Gasteiger partial charge on any atom is 0.411 e. The van der Waals surface area contributed by atoms with Gasteiger partial charge in [-0.05, 0) is 84.1 Å². The zero-order valence-corrected chi connectivity index (χ0v) is 20.2. The average molecular weight is 450 g/mol. The Bertz CT molecular complexity index is 1240. The largest absolute Gasteiger partial charge is 0.497 e. The Morgan fingerprint density at radius 2 is 1.58 bits per heavy atom. The van der Waals surface area contributed by atoms with Crippen LogP contribution in [0.4, 0.5) is 4.79 Å². The van der Waals surface area contributed by atoms with Gasteiger partial charge in [0, 0.05) is 0 Å². The average Bonchev–Trinajstić information content (AvgIpc) is 2.80. The minimum absolute atomic E-state index is 0.181. The van der Waals surface area contributed by atoms with Gasteiger partial charge in [0.2, 0.25) is 0 Å². The summed E-state index contributed by atoms with van der Waals surface area (Å²) in [6.45, 7) is 10.1. The summed E-state index contributed by atoms with van der Waals surface area (Å²) < 4.78 is 22.4. The summed E-state index contributed by atoms with van der Waals surface area (Å²) in [7, 11) is 4.93. The Balaban J connectivity index is 2.00. The molecule has 1 atom stereocenters. The first-order valence-corrected chi connectivity index (χ1v) is 11.0. The maximum absolute atomic E-state index is 13.1. The quantitative estimate of drug-likeness (QED) is 0.368. The summed E-state index contributed by atoms with van der Waals surface area (Å²) in [6, 6.07) is 9.90. The second-order valence-corrected chi connectivity index (χ2v) is 9.24.